The van der Waals surface area contributed by atoms with Crippen LogP contribution < -0.4 is 5.32 Å². The van der Waals surface area contributed by atoms with Crippen LogP contribution in [0.2, 0.25) is 0 Å². The van der Waals surface area contributed by atoms with Crippen LogP contribution in [0.1, 0.15) is 39.3 Å². The lowest BCUT2D eigenvalue weighted by Crippen LogP contribution is -2.21. The van der Waals surface area contributed by atoms with Crippen LogP contribution in [0.25, 0.3) is 0 Å². The van der Waals surface area contributed by atoms with Crippen LogP contribution in [0, 0.1) is 5.92 Å². The average Bonchev–Trinajstić information content (AvgIpc) is 2.78. The summed E-state index contributed by atoms with van der Waals surface area (Å²) < 4.78 is 4.85. The van der Waals surface area contributed by atoms with Gasteiger partial charge in [-0.1, -0.05) is 13.8 Å². The summed E-state index contributed by atoms with van der Waals surface area (Å²) in [4.78, 5) is 27.4. The molecule has 0 radical (unpaired) electrons. The molecule has 1 heterocycles. The molecule has 19 heavy (non-hydrogen) atoms. The smallest absolute Gasteiger partial charge is 0.311 e. The van der Waals surface area contributed by atoms with E-state index in [4.69, 9.17) is 4.74 Å². The van der Waals surface area contributed by atoms with Crippen molar-refractivity contribution < 1.29 is 14.3 Å². The van der Waals surface area contributed by atoms with Crippen molar-refractivity contribution in [3.8, 4) is 0 Å². The summed E-state index contributed by atoms with van der Waals surface area (Å²) in [5.74, 6) is -0.301. The number of nitrogens with one attached hydrogen (secondary N) is 1. The maximum atomic E-state index is 11.9. The van der Waals surface area contributed by atoms with E-state index in [-0.39, 0.29) is 24.2 Å². The minimum atomic E-state index is -0.300. The maximum Gasteiger partial charge on any atom is 0.311 e. The van der Waals surface area contributed by atoms with Crippen LogP contribution in [0.3, 0.4) is 0 Å². The van der Waals surface area contributed by atoms with Crippen LogP contribution >= 0.6 is 11.3 Å². The van der Waals surface area contributed by atoms with Crippen LogP contribution in [0.4, 0.5) is 5.13 Å². The lowest BCUT2D eigenvalue weighted by molar-refractivity contribution is -0.142. The molecule has 0 aliphatic rings. The molecule has 6 heteroatoms. The van der Waals surface area contributed by atoms with Gasteiger partial charge in [0.2, 0.25) is 5.91 Å². The molecule has 0 aromatic carbocycles. The minimum Gasteiger partial charge on any atom is -0.466 e. The van der Waals surface area contributed by atoms with Gasteiger partial charge < -0.3 is 10.1 Å². The second-order valence-electron chi connectivity index (χ2n) is 4.13. The standard InChI is InChI=1S/C13H20N2O3S/c1-4-9(5-2)12(17)15-13-14-10(8-19-13)7-11(16)18-6-3/h8-9H,4-7H2,1-3H3,(H,14,15,17). The van der Waals surface area contributed by atoms with Gasteiger partial charge in [-0.25, -0.2) is 4.98 Å². The fourth-order valence-corrected chi connectivity index (χ4v) is 2.39. The Labute approximate surface area is 117 Å². The second kappa shape index (κ2) is 7.89. The molecule has 1 rings (SSSR count). The molecule has 0 saturated heterocycles. The normalized spacial score (nSPS) is 10.5. The first-order valence-corrected chi connectivity index (χ1v) is 7.39. The van der Waals surface area contributed by atoms with Gasteiger partial charge in [0.25, 0.3) is 0 Å². The summed E-state index contributed by atoms with van der Waals surface area (Å²) in [7, 11) is 0. The van der Waals surface area contributed by atoms with E-state index < -0.39 is 0 Å². The first kappa shape index (κ1) is 15.6. The quantitative estimate of drug-likeness (QED) is 0.781. The Morgan fingerprint density at radius 2 is 2.05 bits per heavy atom. The zero-order valence-electron chi connectivity index (χ0n) is 11.6. The van der Waals surface area contributed by atoms with Gasteiger partial charge in [-0.3, -0.25) is 9.59 Å². The van der Waals surface area contributed by atoms with Crippen molar-refractivity contribution in [1.82, 2.24) is 4.98 Å². The summed E-state index contributed by atoms with van der Waals surface area (Å²) >= 11 is 1.33. The zero-order chi connectivity index (χ0) is 14.3. The third-order valence-electron chi connectivity index (χ3n) is 2.77. The van der Waals surface area contributed by atoms with Crippen LogP contribution in [-0.4, -0.2) is 23.5 Å². The number of hydrogen-bond donors (Lipinski definition) is 1. The van der Waals surface area contributed by atoms with E-state index in [0.717, 1.165) is 12.8 Å². The van der Waals surface area contributed by atoms with Crippen molar-refractivity contribution in [2.45, 2.75) is 40.0 Å². The molecule has 1 aromatic heterocycles. The van der Waals surface area contributed by atoms with E-state index in [1.165, 1.54) is 11.3 Å². The molecule has 0 aliphatic heterocycles. The average molecular weight is 284 g/mol. The number of thiazole rings is 1. The van der Waals surface area contributed by atoms with Crippen molar-refractivity contribution in [3.05, 3.63) is 11.1 Å². The van der Waals surface area contributed by atoms with Gasteiger partial charge >= 0.3 is 5.97 Å². The number of amides is 1. The van der Waals surface area contributed by atoms with E-state index in [1.54, 1.807) is 12.3 Å². The number of esters is 1. The van der Waals surface area contributed by atoms with E-state index >= 15 is 0 Å². The third kappa shape index (κ3) is 4.98. The Hall–Kier alpha value is -1.43. The van der Waals surface area contributed by atoms with Crippen molar-refractivity contribution in [2.24, 2.45) is 5.92 Å². The Morgan fingerprint density at radius 1 is 1.37 bits per heavy atom. The highest BCUT2D eigenvalue weighted by molar-refractivity contribution is 7.13. The number of carbonyl (C=O) groups is 2. The molecule has 0 atom stereocenters. The maximum absolute atomic E-state index is 11.9. The Morgan fingerprint density at radius 3 is 2.63 bits per heavy atom. The highest BCUT2D eigenvalue weighted by atomic mass is 32.1. The molecule has 0 spiro atoms. The van der Waals surface area contributed by atoms with Crippen LogP contribution in [-0.2, 0) is 20.7 Å². The summed E-state index contributed by atoms with van der Waals surface area (Å²) in [6.45, 7) is 6.10. The molecule has 106 valence electrons. The second-order valence-corrected chi connectivity index (χ2v) is 4.99. The van der Waals surface area contributed by atoms with Gasteiger partial charge in [-0.15, -0.1) is 11.3 Å². The van der Waals surface area contributed by atoms with Gasteiger partial charge in [-0.2, -0.15) is 0 Å². The fraction of sp³-hybridized carbons (Fsp3) is 0.615. The van der Waals surface area contributed by atoms with Crippen LogP contribution in [0.5, 0.6) is 0 Å². The molecule has 5 nitrogen and oxygen atoms in total. The SMILES string of the molecule is CCOC(=O)Cc1csc(NC(=O)C(CC)CC)n1. The first-order chi connectivity index (χ1) is 9.10. The first-order valence-electron chi connectivity index (χ1n) is 6.51. The van der Waals surface area contributed by atoms with E-state index in [1.807, 2.05) is 13.8 Å². The summed E-state index contributed by atoms with van der Waals surface area (Å²) in [5, 5.41) is 5.09. The van der Waals surface area contributed by atoms with Gasteiger partial charge in [0.15, 0.2) is 5.13 Å². The largest absolute Gasteiger partial charge is 0.466 e. The molecule has 0 fully saturated rings. The lowest BCUT2D eigenvalue weighted by Gasteiger charge is -2.10. The van der Waals surface area contributed by atoms with Crippen molar-refractivity contribution >= 4 is 28.3 Å². The Balaban J connectivity index is 2.55. The summed E-state index contributed by atoms with van der Waals surface area (Å²) in [5.41, 5.74) is 0.628. The monoisotopic (exact) mass is 284 g/mol. The minimum absolute atomic E-state index is 0.0115. The fourth-order valence-electron chi connectivity index (χ4n) is 1.67. The lowest BCUT2D eigenvalue weighted by atomic mass is 10.0. The molecule has 0 saturated carbocycles. The predicted molar refractivity (Wildman–Crippen MR) is 75.2 cm³/mol. The summed E-state index contributed by atoms with van der Waals surface area (Å²) in [6.07, 6.45) is 1.76. The number of ether oxygens (including phenoxy) is 1. The number of rotatable bonds is 7. The molecule has 0 aliphatic carbocycles. The molecule has 0 bridgehead atoms. The predicted octanol–water partition coefficient (Wildman–Crippen LogP) is 2.62. The van der Waals surface area contributed by atoms with E-state index in [0.29, 0.717) is 17.4 Å². The molecular weight excluding hydrogens is 264 g/mol. The van der Waals surface area contributed by atoms with Gasteiger partial charge in [-0.05, 0) is 19.8 Å². The highest BCUT2D eigenvalue weighted by Gasteiger charge is 2.16. The Bertz CT molecular complexity index is 427. The van der Waals surface area contributed by atoms with Crippen LogP contribution in [0.15, 0.2) is 5.38 Å². The van der Waals surface area contributed by atoms with Crippen molar-refractivity contribution in [2.75, 3.05) is 11.9 Å². The van der Waals surface area contributed by atoms with E-state index in [2.05, 4.69) is 10.3 Å². The number of aromatic nitrogens is 1. The number of hydrogen-bond acceptors (Lipinski definition) is 5. The van der Waals surface area contributed by atoms with Crippen molar-refractivity contribution in [3.63, 3.8) is 0 Å². The van der Waals surface area contributed by atoms with Crippen molar-refractivity contribution in [1.29, 1.82) is 0 Å². The molecule has 0 unspecified atom stereocenters. The van der Waals surface area contributed by atoms with Gasteiger partial charge in [0.1, 0.15) is 0 Å². The summed E-state index contributed by atoms with van der Waals surface area (Å²) in [6, 6.07) is 0. The third-order valence-corrected chi connectivity index (χ3v) is 3.58. The zero-order valence-corrected chi connectivity index (χ0v) is 12.4. The molecule has 1 N–H and O–H groups in total. The number of anilines is 1. The highest BCUT2D eigenvalue weighted by Crippen LogP contribution is 2.18. The molecular formula is C13H20N2O3S. The van der Waals surface area contributed by atoms with Gasteiger partial charge in [0.05, 0.1) is 18.7 Å². The number of carbonyl (C=O) groups excluding carboxylic acids is 2. The Kier molecular flexibility index (Phi) is 6.49. The molecule has 1 aromatic rings. The molecule has 1 amide bonds. The van der Waals surface area contributed by atoms with E-state index in [9.17, 15) is 9.59 Å². The van der Waals surface area contributed by atoms with Gasteiger partial charge in [0, 0.05) is 11.3 Å². The topological polar surface area (TPSA) is 68.3 Å². The number of nitrogens with zero attached hydrogens (tertiary/aromatic N) is 1.